The van der Waals surface area contributed by atoms with Gasteiger partial charge in [0.25, 0.3) is 0 Å². The molecule has 0 aromatic heterocycles. The highest BCUT2D eigenvalue weighted by atomic mass is 16.2. The summed E-state index contributed by atoms with van der Waals surface area (Å²) in [6.45, 7) is 10.7. The highest BCUT2D eigenvalue weighted by Crippen LogP contribution is 2.62. The van der Waals surface area contributed by atoms with Crippen LogP contribution in [0.15, 0.2) is 0 Å². The van der Waals surface area contributed by atoms with E-state index in [0.717, 1.165) is 0 Å². The van der Waals surface area contributed by atoms with E-state index in [1.807, 2.05) is 6.92 Å². The van der Waals surface area contributed by atoms with E-state index in [9.17, 15) is 4.79 Å². The van der Waals surface area contributed by atoms with Gasteiger partial charge in [0.1, 0.15) is 0 Å². The minimum Gasteiger partial charge on any atom is -0.351 e. The molecule has 1 fully saturated rings. The minimum absolute atomic E-state index is 0.0937. The van der Waals surface area contributed by atoms with Crippen molar-refractivity contribution in [3.8, 4) is 0 Å². The van der Waals surface area contributed by atoms with E-state index in [2.05, 4.69) is 38.3 Å². The smallest absolute Gasteiger partial charge is 0.237 e. The average molecular weight is 198 g/mol. The molecule has 0 aromatic rings. The third-order valence-electron chi connectivity index (χ3n) is 4.13. The Morgan fingerprint density at radius 2 is 1.64 bits per heavy atom. The average Bonchev–Trinajstić information content (AvgIpc) is 2.46. The predicted molar refractivity (Wildman–Crippen MR) is 58.0 cm³/mol. The van der Waals surface area contributed by atoms with Gasteiger partial charge >= 0.3 is 0 Å². The summed E-state index contributed by atoms with van der Waals surface area (Å²) in [6, 6.07) is 0.195. The Kier molecular flexibility index (Phi) is 2.65. The Balaban J connectivity index is 2.53. The van der Waals surface area contributed by atoms with Gasteiger partial charge in [-0.25, -0.2) is 0 Å². The summed E-state index contributed by atoms with van der Waals surface area (Å²) in [6.07, 6.45) is 0. The van der Waals surface area contributed by atoms with Crippen molar-refractivity contribution in [3.63, 3.8) is 0 Å². The van der Waals surface area contributed by atoms with E-state index in [-0.39, 0.29) is 22.8 Å². The van der Waals surface area contributed by atoms with Crippen molar-refractivity contribution in [1.82, 2.24) is 10.6 Å². The largest absolute Gasteiger partial charge is 0.351 e. The number of nitrogens with one attached hydrogen (secondary N) is 2. The zero-order valence-corrected chi connectivity index (χ0v) is 10.1. The number of hydrogen-bond acceptors (Lipinski definition) is 2. The summed E-state index contributed by atoms with van der Waals surface area (Å²) in [7, 11) is 1.80. The first-order valence-electron chi connectivity index (χ1n) is 5.22. The zero-order chi connectivity index (χ0) is 11.1. The SMILES string of the molecule is CN[C@@H](C)C(=O)NC1C(C)(C)C1(C)C. The van der Waals surface area contributed by atoms with Crippen LogP contribution in [0.1, 0.15) is 34.6 Å². The molecule has 1 atom stereocenters. The lowest BCUT2D eigenvalue weighted by atomic mass is 10.0. The molecule has 3 nitrogen and oxygen atoms in total. The van der Waals surface area contributed by atoms with E-state index < -0.39 is 0 Å². The topological polar surface area (TPSA) is 41.1 Å². The maximum absolute atomic E-state index is 11.6. The lowest BCUT2D eigenvalue weighted by molar-refractivity contribution is -0.123. The summed E-state index contributed by atoms with van der Waals surface area (Å²) in [5.74, 6) is 0.0937. The number of amides is 1. The first kappa shape index (κ1) is 11.5. The Morgan fingerprint density at radius 1 is 1.21 bits per heavy atom. The van der Waals surface area contributed by atoms with E-state index in [4.69, 9.17) is 0 Å². The molecule has 0 saturated heterocycles. The van der Waals surface area contributed by atoms with Crippen molar-refractivity contribution < 1.29 is 4.79 Å². The third kappa shape index (κ3) is 1.54. The van der Waals surface area contributed by atoms with Crippen molar-refractivity contribution in [3.05, 3.63) is 0 Å². The number of rotatable bonds is 3. The molecular weight excluding hydrogens is 176 g/mol. The van der Waals surface area contributed by atoms with Gasteiger partial charge in [-0.2, -0.15) is 0 Å². The highest BCUT2D eigenvalue weighted by Gasteiger charge is 2.65. The third-order valence-corrected chi connectivity index (χ3v) is 4.13. The molecule has 1 aliphatic rings. The van der Waals surface area contributed by atoms with E-state index in [1.165, 1.54) is 0 Å². The normalized spacial score (nSPS) is 25.6. The summed E-state index contributed by atoms with van der Waals surface area (Å²) >= 11 is 0. The lowest BCUT2D eigenvalue weighted by Gasteiger charge is -2.12. The standard InChI is InChI=1S/C11H22N2O/c1-7(12-6)8(14)13-9-10(2,3)11(9,4)5/h7,9,12H,1-6H3,(H,13,14)/t7-/m0/s1. The van der Waals surface area contributed by atoms with Crippen molar-refractivity contribution in [2.75, 3.05) is 7.05 Å². The van der Waals surface area contributed by atoms with Gasteiger partial charge < -0.3 is 10.6 Å². The molecule has 0 aliphatic heterocycles. The molecule has 1 amide bonds. The molecule has 0 heterocycles. The molecule has 2 N–H and O–H groups in total. The molecular formula is C11H22N2O. The second-order valence-electron chi connectivity index (χ2n) is 5.40. The summed E-state index contributed by atoms with van der Waals surface area (Å²) in [5, 5.41) is 6.02. The minimum atomic E-state index is -0.109. The lowest BCUT2D eigenvalue weighted by Crippen LogP contribution is -2.42. The van der Waals surface area contributed by atoms with Gasteiger partial charge in [0.05, 0.1) is 6.04 Å². The number of carbonyl (C=O) groups excluding carboxylic acids is 1. The number of likely N-dealkylation sites (N-methyl/N-ethyl adjacent to an activating group) is 1. The van der Waals surface area contributed by atoms with Crippen LogP contribution in [0.3, 0.4) is 0 Å². The molecule has 1 rings (SSSR count). The monoisotopic (exact) mass is 198 g/mol. The fraction of sp³-hybridized carbons (Fsp3) is 0.909. The van der Waals surface area contributed by atoms with Crippen LogP contribution in [0, 0.1) is 10.8 Å². The van der Waals surface area contributed by atoms with Crippen LogP contribution in [-0.2, 0) is 4.79 Å². The predicted octanol–water partition coefficient (Wildman–Crippen LogP) is 1.15. The fourth-order valence-corrected chi connectivity index (χ4v) is 1.96. The quantitative estimate of drug-likeness (QED) is 0.714. The molecule has 3 heteroatoms. The van der Waals surface area contributed by atoms with Crippen LogP contribution in [0.25, 0.3) is 0 Å². The van der Waals surface area contributed by atoms with Gasteiger partial charge in [-0.15, -0.1) is 0 Å². The van der Waals surface area contributed by atoms with Gasteiger partial charge in [0, 0.05) is 6.04 Å². The zero-order valence-electron chi connectivity index (χ0n) is 10.1. The molecule has 0 unspecified atom stereocenters. The van der Waals surface area contributed by atoms with Crippen molar-refractivity contribution in [2.45, 2.75) is 46.7 Å². The highest BCUT2D eigenvalue weighted by molar-refractivity contribution is 5.82. The van der Waals surface area contributed by atoms with Gasteiger partial charge in [-0.1, -0.05) is 27.7 Å². The molecule has 14 heavy (non-hydrogen) atoms. The maximum Gasteiger partial charge on any atom is 0.237 e. The van der Waals surface area contributed by atoms with Gasteiger partial charge in [-0.05, 0) is 24.8 Å². The molecule has 1 aliphatic carbocycles. The summed E-state index contributed by atoms with van der Waals surface area (Å²) in [5.41, 5.74) is 0.437. The Hall–Kier alpha value is -0.570. The summed E-state index contributed by atoms with van der Waals surface area (Å²) in [4.78, 5) is 11.6. The van der Waals surface area contributed by atoms with Gasteiger partial charge in [-0.3, -0.25) is 4.79 Å². The van der Waals surface area contributed by atoms with Crippen LogP contribution < -0.4 is 10.6 Å². The van der Waals surface area contributed by atoms with Crippen molar-refractivity contribution in [2.24, 2.45) is 10.8 Å². The van der Waals surface area contributed by atoms with Gasteiger partial charge in [0.2, 0.25) is 5.91 Å². The van der Waals surface area contributed by atoms with Crippen LogP contribution in [0.5, 0.6) is 0 Å². The second-order valence-corrected chi connectivity index (χ2v) is 5.40. The maximum atomic E-state index is 11.6. The number of hydrogen-bond donors (Lipinski definition) is 2. The van der Waals surface area contributed by atoms with E-state index >= 15 is 0 Å². The molecule has 1 saturated carbocycles. The Morgan fingerprint density at radius 3 is 1.93 bits per heavy atom. The van der Waals surface area contributed by atoms with E-state index in [0.29, 0.717) is 6.04 Å². The van der Waals surface area contributed by atoms with Crippen molar-refractivity contribution >= 4 is 5.91 Å². The Labute approximate surface area is 86.6 Å². The Bertz CT molecular complexity index is 232. The van der Waals surface area contributed by atoms with Crippen LogP contribution >= 0.6 is 0 Å². The van der Waals surface area contributed by atoms with Crippen LogP contribution in [0.4, 0.5) is 0 Å². The molecule has 0 spiro atoms. The fourth-order valence-electron chi connectivity index (χ4n) is 1.96. The molecule has 82 valence electrons. The molecule has 0 bridgehead atoms. The molecule has 0 aromatic carbocycles. The molecule has 0 radical (unpaired) electrons. The second kappa shape index (κ2) is 3.23. The van der Waals surface area contributed by atoms with Crippen LogP contribution in [0.2, 0.25) is 0 Å². The van der Waals surface area contributed by atoms with E-state index in [1.54, 1.807) is 7.05 Å². The first-order valence-corrected chi connectivity index (χ1v) is 5.22. The first-order chi connectivity index (χ1) is 6.25. The number of carbonyl (C=O) groups is 1. The van der Waals surface area contributed by atoms with Gasteiger partial charge in [0.15, 0.2) is 0 Å². The van der Waals surface area contributed by atoms with Crippen molar-refractivity contribution in [1.29, 1.82) is 0 Å². The van der Waals surface area contributed by atoms with Crippen LogP contribution in [-0.4, -0.2) is 25.0 Å². The summed E-state index contributed by atoms with van der Waals surface area (Å²) < 4.78 is 0.